The molecule has 1 aromatic rings. The molecule has 0 bridgehead atoms. The Morgan fingerprint density at radius 3 is 2.00 bits per heavy atom. The van der Waals surface area contributed by atoms with Gasteiger partial charge >= 0.3 is 6.18 Å². The SMILES string of the molecule is O=S(=O)(CC(F)(F)F)c1ccc(O)cc1. The Kier molecular flexibility index (Phi) is 2.94. The summed E-state index contributed by atoms with van der Waals surface area (Å²) in [5, 5.41) is 8.84. The van der Waals surface area contributed by atoms with Crippen LogP contribution < -0.4 is 0 Å². The number of aromatic hydroxyl groups is 1. The molecule has 0 fully saturated rings. The van der Waals surface area contributed by atoms with Crippen molar-refractivity contribution in [1.29, 1.82) is 0 Å². The Balaban J connectivity index is 3.02. The molecule has 0 spiro atoms. The molecule has 0 unspecified atom stereocenters. The van der Waals surface area contributed by atoms with Crippen LogP contribution in [0, 0.1) is 0 Å². The third-order valence-electron chi connectivity index (χ3n) is 1.55. The molecule has 0 saturated heterocycles. The quantitative estimate of drug-likeness (QED) is 0.856. The minimum Gasteiger partial charge on any atom is -0.508 e. The van der Waals surface area contributed by atoms with Crippen LogP contribution in [0.1, 0.15) is 0 Å². The molecule has 0 atom stereocenters. The Morgan fingerprint density at radius 2 is 1.60 bits per heavy atom. The molecular formula is C8H7F3O3S. The first-order chi connectivity index (χ1) is 6.71. The number of hydrogen-bond acceptors (Lipinski definition) is 3. The van der Waals surface area contributed by atoms with Crippen LogP contribution in [0.2, 0.25) is 0 Å². The van der Waals surface area contributed by atoms with Crippen molar-refractivity contribution in [2.75, 3.05) is 5.75 Å². The monoisotopic (exact) mass is 240 g/mol. The molecule has 7 heteroatoms. The number of hydrogen-bond donors (Lipinski definition) is 1. The highest BCUT2D eigenvalue weighted by atomic mass is 32.2. The van der Waals surface area contributed by atoms with Gasteiger partial charge in [0.1, 0.15) is 5.75 Å². The van der Waals surface area contributed by atoms with Crippen LogP contribution in [0.5, 0.6) is 5.75 Å². The molecule has 0 aliphatic rings. The van der Waals surface area contributed by atoms with Crippen molar-refractivity contribution in [2.24, 2.45) is 0 Å². The fraction of sp³-hybridized carbons (Fsp3) is 0.250. The highest BCUT2D eigenvalue weighted by molar-refractivity contribution is 7.91. The van der Waals surface area contributed by atoms with Crippen molar-refractivity contribution in [3.63, 3.8) is 0 Å². The summed E-state index contributed by atoms with van der Waals surface area (Å²) in [5.41, 5.74) is 0. The average molecular weight is 240 g/mol. The van der Waals surface area contributed by atoms with Gasteiger partial charge < -0.3 is 5.11 Å². The summed E-state index contributed by atoms with van der Waals surface area (Å²) in [6.07, 6.45) is -4.77. The number of sulfone groups is 1. The van der Waals surface area contributed by atoms with Gasteiger partial charge in [0.2, 0.25) is 0 Å². The van der Waals surface area contributed by atoms with Gasteiger partial charge in [0.25, 0.3) is 0 Å². The van der Waals surface area contributed by atoms with Gasteiger partial charge in [0, 0.05) is 0 Å². The third kappa shape index (κ3) is 3.43. The van der Waals surface area contributed by atoms with E-state index in [-0.39, 0.29) is 5.75 Å². The molecule has 0 amide bonds. The molecule has 15 heavy (non-hydrogen) atoms. The van der Waals surface area contributed by atoms with Crippen LogP contribution in [0.3, 0.4) is 0 Å². The van der Waals surface area contributed by atoms with Crippen LogP contribution >= 0.6 is 0 Å². The van der Waals surface area contributed by atoms with Crippen molar-refractivity contribution in [1.82, 2.24) is 0 Å². The second-order valence-electron chi connectivity index (χ2n) is 2.87. The van der Waals surface area contributed by atoms with Crippen LogP contribution in [-0.4, -0.2) is 25.5 Å². The molecule has 0 aliphatic heterocycles. The number of phenolic OH excluding ortho intramolecular Hbond substituents is 1. The summed E-state index contributed by atoms with van der Waals surface area (Å²) < 4.78 is 58.0. The lowest BCUT2D eigenvalue weighted by Crippen LogP contribution is -2.22. The lowest BCUT2D eigenvalue weighted by Gasteiger charge is -2.07. The maximum Gasteiger partial charge on any atom is 0.403 e. The molecule has 0 radical (unpaired) electrons. The first kappa shape index (κ1) is 11.8. The zero-order chi connectivity index (χ0) is 11.7. The van der Waals surface area contributed by atoms with Gasteiger partial charge in [0.05, 0.1) is 4.90 Å². The molecular weight excluding hydrogens is 233 g/mol. The van der Waals surface area contributed by atoms with E-state index in [1.807, 2.05) is 0 Å². The maximum atomic E-state index is 11.9. The molecule has 0 heterocycles. The summed E-state index contributed by atoms with van der Waals surface area (Å²) in [5.74, 6) is -2.11. The standard InChI is InChI=1S/C8H7F3O3S/c9-8(10,11)5-15(13,14)7-3-1-6(12)2-4-7/h1-4,12H,5H2. The molecule has 3 nitrogen and oxygen atoms in total. The lowest BCUT2D eigenvalue weighted by molar-refractivity contribution is -0.106. The van der Waals surface area contributed by atoms with E-state index in [4.69, 9.17) is 5.11 Å². The fourth-order valence-corrected chi connectivity index (χ4v) is 2.10. The van der Waals surface area contributed by atoms with E-state index >= 15 is 0 Å². The van der Waals surface area contributed by atoms with Crippen LogP contribution in [0.4, 0.5) is 13.2 Å². The Bertz CT molecular complexity index is 433. The van der Waals surface area contributed by atoms with E-state index < -0.39 is 26.7 Å². The second kappa shape index (κ2) is 3.73. The molecule has 0 aliphatic carbocycles. The molecule has 0 aromatic heterocycles. The highest BCUT2D eigenvalue weighted by Crippen LogP contribution is 2.23. The minimum atomic E-state index is -4.77. The van der Waals surface area contributed by atoms with Crippen molar-refractivity contribution < 1.29 is 26.7 Å². The Labute approximate surface area is 84.1 Å². The largest absolute Gasteiger partial charge is 0.508 e. The van der Waals surface area contributed by atoms with Crippen molar-refractivity contribution >= 4 is 9.84 Å². The second-order valence-corrected chi connectivity index (χ2v) is 4.86. The Hall–Kier alpha value is -1.24. The predicted molar refractivity (Wildman–Crippen MR) is 46.2 cm³/mol. The average Bonchev–Trinajstić information content (AvgIpc) is 2.00. The van der Waals surface area contributed by atoms with Gasteiger partial charge in [-0.25, -0.2) is 8.42 Å². The zero-order valence-electron chi connectivity index (χ0n) is 7.32. The number of alkyl halides is 3. The topological polar surface area (TPSA) is 54.4 Å². The van der Waals surface area contributed by atoms with Crippen LogP contribution in [-0.2, 0) is 9.84 Å². The molecule has 0 saturated carbocycles. The van der Waals surface area contributed by atoms with E-state index in [0.717, 1.165) is 24.3 Å². The van der Waals surface area contributed by atoms with Gasteiger partial charge in [-0.1, -0.05) is 0 Å². The number of rotatable bonds is 2. The van der Waals surface area contributed by atoms with Gasteiger partial charge in [-0.3, -0.25) is 0 Å². The summed E-state index contributed by atoms with van der Waals surface area (Å²) >= 11 is 0. The van der Waals surface area contributed by atoms with Crippen molar-refractivity contribution in [3.8, 4) is 5.75 Å². The summed E-state index contributed by atoms with van der Waals surface area (Å²) in [6, 6.07) is 3.89. The predicted octanol–water partition coefficient (Wildman–Crippen LogP) is 1.73. The first-order valence-electron chi connectivity index (χ1n) is 3.79. The van der Waals surface area contributed by atoms with Crippen LogP contribution in [0.15, 0.2) is 29.2 Å². The maximum absolute atomic E-state index is 11.9. The van der Waals surface area contributed by atoms with Crippen molar-refractivity contribution in [2.45, 2.75) is 11.1 Å². The fourth-order valence-electron chi connectivity index (χ4n) is 0.952. The van der Waals surface area contributed by atoms with Gasteiger partial charge in [-0.05, 0) is 24.3 Å². The van der Waals surface area contributed by atoms with Crippen LogP contribution in [0.25, 0.3) is 0 Å². The smallest absolute Gasteiger partial charge is 0.403 e. The Morgan fingerprint density at radius 1 is 1.13 bits per heavy atom. The number of benzene rings is 1. The lowest BCUT2D eigenvalue weighted by atomic mass is 10.3. The van der Waals surface area contributed by atoms with E-state index in [9.17, 15) is 21.6 Å². The summed E-state index contributed by atoms with van der Waals surface area (Å²) in [4.78, 5) is -0.461. The molecule has 84 valence electrons. The normalized spacial score (nSPS) is 12.7. The highest BCUT2D eigenvalue weighted by Gasteiger charge is 2.35. The van der Waals surface area contributed by atoms with E-state index in [2.05, 4.69) is 0 Å². The third-order valence-corrected chi connectivity index (χ3v) is 3.25. The first-order valence-corrected chi connectivity index (χ1v) is 5.44. The number of phenols is 1. The van der Waals surface area contributed by atoms with Crippen molar-refractivity contribution in [3.05, 3.63) is 24.3 Å². The summed E-state index contributed by atoms with van der Waals surface area (Å²) in [6.45, 7) is 0. The summed E-state index contributed by atoms with van der Waals surface area (Å²) in [7, 11) is -4.37. The van der Waals surface area contributed by atoms with E-state index in [1.165, 1.54) is 0 Å². The number of halogens is 3. The van der Waals surface area contributed by atoms with Gasteiger partial charge in [0.15, 0.2) is 15.6 Å². The van der Waals surface area contributed by atoms with E-state index in [1.54, 1.807) is 0 Å². The van der Waals surface area contributed by atoms with Gasteiger partial charge in [-0.2, -0.15) is 13.2 Å². The van der Waals surface area contributed by atoms with Gasteiger partial charge in [-0.15, -0.1) is 0 Å². The minimum absolute atomic E-state index is 0.207. The zero-order valence-corrected chi connectivity index (χ0v) is 8.14. The molecule has 1 aromatic carbocycles. The molecule has 1 rings (SSSR count). The molecule has 1 N–H and O–H groups in total. The van der Waals surface area contributed by atoms with E-state index in [0.29, 0.717) is 0 Å².